The van der Waals surface area contributed by atoms with Crippen molar-refractivity contribution in [1.29, 1.82) is 0 Å². The van der Waals surface area contributed by atoms with Crippen molar-refractivity contribution in [2.24, 2.45) is 0 Å². The Morgan fingerprint density at radius 1 is 1.04 bits per heavy atom. The minimum Gasteiger partial charge on any atom is -0.365 e. The second-order valence-electron chi connectivity index (χ2n) is 6.56. The number of urea groups is 1. The summed E-state index contributed by atoms with van der Waals surface area (Å²) in [7, 11) is 0. The molecule has 1 saturated heterocycles. The van der Waals surface area contributed by atoms with Crippen LogP contribution in [0.25, 0.3) is 0 Å². The van der Waals surface area contributed by atoms with Crippen LogP contribution < -0.4 is 15.1 Å². The Kier molecular flexibility index (Phi) is 4.11. The van der Waals surface area contributed by atoms with Crippen LogP contribution >= 0.6 is 0 Å². The van der Waals surface area contributed by atoms with Gasteiger partial charge in [0.05, 0.1) is 11.4 Å². The molecular formula is C20H23N3O. The van der Waals surface area contributed by atoms with Gasteiger partial charge >= 0.3 is 6.03 Å². The van der Waals surface area contributed by atoms with E-state index >= 15 is 0 Å². The summed E-state index contributed by atoms with van der Waals surface area (Å²) in [4.78, 5) is 17.1. The molecule has 4 rings (SSSR count). The Balaban J connectivity index is 1.45. The van der Waals surface area contributed by atoms with Gasteiger partial charge in [0.2, 0.25) is 0 Å². The molecule has 2 aromatic rings. The Hall–Kier alpha value is -2.49. The summed E-state index contributed by atoms with van der Waals surface area (Å²) in [6, 6.07) is 19.0. The van der Waals surface area contributed by atoms with Crippen LogP contribution in [0.3, 0.4) is 0 Å². The zero-order valence-corrected chi connectivity index (χ0v) is 13.8. The summed E-state index contributed by atoms with van der Waals surface area (Å²) in [6.45, 7) is 2.55. The second-order valence-corrected chi connectivity index (χ2v) is 6.56. The third-order valence-electron chi connectivity index (χ3n) is 5.03. The first-order chi connectivity index (χ1) is 11.8. The fourth-order valence-corrected chi connectivity index (χ4v) is 3.83. The molecule has 4 heteroatoms. The summed E-state index contributed by atoms with van der Waals surface area (Å²) in [5.74, 6) is 0. The lowest BCUT2D eigenvalue weighted by Crippen LogP contribution is -2.51. The first-order valence-corrected chi connectivity index (χ1v) is 8.78. The van der Waals surface area contributed by atoms with Crippen molar-refractivity contribution < 1.29 is 4.79 Å². The van der Waals surface area contributed by atoms with Gasteiger partial charge in [-0.2, -0.15) is 0 Å². The van der Waals surface area contributed by atoms with E-state index in [9.17, 15) is 4.79 Å². The SMILES string of the molecule is O=C(NCCc1ccccc1)N1C[C@@H]2CCCN2c2ccccc21. The molecule has 2 aliphatic rings. The predicted molar refractivity (Wildman–Crippen MR) is 97.7 cm³/mol. The van der Waals surface area contributed by atoms with Gasteiger partial charge in [-0.05, 0) is 37.0 Å². The van der Waals surface area contributed by atoms with E-state index in [0.29, 0.717) is 12.6 Å². The third-order valence-corrected chi connectivity index (χ3v) is 5.03. The Morgan fingerprint density at radius 2 is 1.79 bits per heavy atom. The average molecular weight is 321 g/mol. The van der Waals surface area contributed by atoms with Crippen LogP contribution in [0.15, 0.2) is 54.6 Å². The van der Waals surface area contributed by atoms with Gasteiger partial charge in [0.15, 0.2) is 0 Å². The minimum atomic E-state index is 0.0185. The van der Waals surface area contributed by atoms with Crippen molar-refractivity contribution in [1.82, 2.24) is 5.32 Å². The molecule has 2 aliphatic heterocycles. The van der Waals surface area contributed by atoms with Crippen LogP contribution in [0.2, 0.25) is 0 Å². The standard InChI is InChI=1S/C20H23N3O/c24-20(21-13-12-16-7-2-1-3-8-16)23-15-17-9-6-14-22(17)18-10-4-5-11-19(18)23/h1-5,7-8,10-11,17H,6,9,12-15H2,(H,21,24)/t17-/m0/s1. The van der Waals surface area contributed by atoms with E-state index in [4.69, 9.17) is 0 Å². The fourth-order valence-electron chi connectivity index (χ4n) is 3.83. The number of carbonyl (C=O) groups excluding carboxylic acids is 1. The monoisotopic (exact) mass is 321 g/mol. The lowest BCUT2D eigenvalue weighted by Gasteiger charge is -2.40. The molecule has 1 fully saturated rings. The molecule has 124 valence electrons. The van der Waals surface area contributed by atoms with Crippen LogP contribution in [-0.2, 0) is 6.42 Å². The number of para-hydroxylation sites is 2. The van der Waals surface area contributed by atoms with Gasteiger partial charge in [-0.15, -0.1) is 0 Å². The molecule has 0 aromatic heterocycles. The number of fused-ring (bicyclic) bond motifs is 3. The van der Waals surface area contributed by atoms with Crippen molar-refractivity contribution in [2.45, 2.75) is 25.3 Å². The Morgan fingerprint density at radius 3 is 2.62 bits per heavy atom. The zero-order chi connectivity index (χ0) is 16.4. The zero-order valence-electron chi connectivity index (χ0n) is 13.8. The summed E-state index contributed by atoms with van der Waals surface area (Å²) in [5.41, 5.74) is 3.48. The smallest absolute Gasteiger partial charge is 0.322 e. The average Bonchev–Trinajstić information content (AvgIpc) is 3.11. The summed E-state index contributed by atoms with van der Waals surface area (Å²) < 4.78 is 0. The van der Waals surface area contributed by atoms with Gasteiger partial charge in [0, 0.05) is 25.7 Å². The highest BCUT2D eigenvalue weighted by Crippen LogP contribution is 2.39. The summed E-state index contributed by atoms with van der Waals surface area (Å²) in [6.07, 6.45) is 3.24. The van der Waals surface area contributed by atoms with Crippen molar-refractivity contribution in [3.8, 4) is 0 Å². The highest BCUT2D eigenvalue weighted by atomic mass is 16.2. The molecule has 1 N–H and O–H groups in total. The number of nitrogens with one attached hydrogen (secondary N) is 1. The van der Waals surface area contributed by atoms with Gasteiger partial charge in [-0.25, -0.2) is 4.79 Å². The highest BCUT2D eigenvalue weighted by molar-refractivity contribution is 5.97. The van der Waals surface area contributed by atoms with E-state index in [0.717, 1.165) is 25.2 Å². The molecule has 0 bridgehead atoms. The maximum Gasteiger partial charge on any atom is 0.322 e. The maximum atomic E-state index is 12.7. The quantitative estimate of drug-likeness (QED) is 0.940. The molecule has 2 aromatic carbocycles. The van der Waals surface area contributed by atoms with Gasteiger partial charge in [0.25, 0.3) is 0 Å². The molecule has 4 nitrogen and oxygen atoms in total. The van der Waals surface area contributed by atoms with Gasteiger partial charge in [0.1, 0.15) is 0 Å². The number of anilines is 2. The highest BCUT2D eigenvalue weighted by Gasteiger charge is 2.35. The van der Waals surface area contributed by atoms with Crippen molar-refractivity contribution in [3.63, 3.8) is 0 Å². The van der Waals surface area contributed by atoms with E-state index in [-0.39, 0.29) is 6.03 Å². The van der Waals surface area contributed by atoms with Crippen LogP contribution in [0.1, 0.15) is 18.4 Å². The fraction of sp³-hybridized carbons (Fsp3) is 0.350. The first kappa shape index (κ1) is 15.1. The molecule has 0 aliphatic carbocycles. The number of carbonyl (C=O) groups is 1. The van der Waals surface area contributed by atoms with Gasteiger partial charge < -0.3 is 10.2 Å². The van der Waals surface area contributed by atoms with Crippen molar-refractivity contribution >= 4 is 17.4 Å². The van der Waals surface area contributed by atoms with Crippen molar-refractivity contribution in [2.75, 3.05) is 29.4 Å². The molecule has 2 heterocycles. The molecule has 0 unspecified atom stereocenters. The predicted octanol–water partition coefficient (Wildman–Crippen LogP) is 3.43. The van der Waals surface area contributed by atoms with E-state index < -0.39 is 0 Å². The van der Waals surface area contributed by atoms with Crippen LogP contribution in [-0.4, -0.2) is 31.7 Å². The number of rotatable bonds is 3. The number of benzene rings is 2. The van der Waals surface area contributed by atoms with Crippen LogP contribution in [0.4, 0.5) is 16.2 Å². The van der Waals surface area contributed by atoms with Crippen molar-refractivity contribution in [3.05, 3.63) is 60.2 Å². The minimum absolute atomic E-state index is 0.0185. The number of amides is 2. The van der Waals surface area contributed by atoms with Crippen LogP contribution in [0, 0.1) is 0 Å². The molecule has 0 saturated carbocycles. The van der Waals surface area contributed by atoms with E-state index in [1.807, 2.05) is 29.2 Å². The van der Waals surface area contributed by atoms with E-state index in [2.05, 4.69) is 40.5 Å². The van der Waals surface area contributed by atoms with Crippen LogP contribution in [0.5, 0.6) is 0 Å². The normalized spacial score (nSPS) is 18.9. The maximum absolute atomic E-state index is 12.7. The lowest BCUT2D eigenvalue weighted by atomic mass is 10.1. The molecular weight excluding hydrogens is 298 g/mol. The molecule has 2 amide bonds. The largest absolute Gasteiger partial charge is 0.365 e. The summed E-state index contributed by atoms with van der Waals surface area (Å²) in [5, 5.41) is 3.09. The number of nitrogens with zero attached hydrogens (tertiary/aromatic N) is 2. The molecule has 0 spiro atoms. The van der Waals surface area contributed by atoms with Gasteiger partial charge in [-0.3, -0.25) is 4.90 Å². The van der Waals surface area contributed by atoms with Gasteiger partial charge in [-0.1, -0.05) is 42.5 Å². The third kappa shape index (κ3) is 2.84. The molecule has 24 heavy (non-hydrogen) atoms. The topological polar surface area (TPSA) is 35.6 Å². The van der Waals surface area contributed by atoms with E-state index in [1.165, 1.54) is 24.1 Å². The second kappa shape index (κ2) is 6.56. The molecule has 1 atom stereocenters. The first-order valence-electron chi connectivity index (χ1n) is 8.78. The summed E-state index contributed by atoms with van der Waals surface area (Å²) >= 11 is 0. The number of hydrogen-bond acceptors (Lipinski definition) is 2. The Labute approximate surface area is 143 Å². The Bertz CT molecular complexity index is 716. The number of hydrogen-bond donors (Lipinski definition) is 1. The van der Waals surface area contributed by atoms with E-state index in [1.54, 1.807) is 0 Å². The molecule has 0 radical (unpaired) electrons. The lowest BCUT2D eigenvalue weighted by molar-refractivity contribution is 0.245.